The average Bonchev–Trinajstić information content (AvgIpc) is 2.21. The molecule has 0 fully saturated rings. The van der Waals surface area contributed by atoms with Crippen molar-refractivity contribution in [2.45, 2.75) is 24.4 Å². The quantitative estimate of drug-likeness (QED) is 0.225. The van der Waals surface area contributed by atoms with Crippen molar-refractivity contribution in [3.8, 4) is 0 Å². The molecule has 0 spiro atoms. The van der Waals surface area contributed by atoms with Crippen LogP contribution >= 0.6 is 0 Å². The van der Waals surface area contributed by atoms with E-state index in [-0.39, 0.29) is 6.29 Å². The number of aliphatic hydroxyl groups excluding tert-OH is 4. The fourth-order valence-electron chi connectivity index (χ4n) is 0.893. The second-order valence-corrected chi connectivity index (χ2v) is 4.11. The summed E-state index contributed by atoms with van der Waals surface area (Å²) in [5.41, 5.74) is 0. The van der Waals surface area contributed by atoms with E-state index in [0.29, 0.717) is 0 Å². The smallest absolute Gasteiger partial charge is 0.160 e. The van der Waals surface area contributed by atoms with E-state index >= 15 is 0 Å². The van der Waals surface area contributed by atoms with Crippen molar-refractivity contribution in [2.24, 2.45) is 0 Å². The molecule has 0 heterocycles. The SMILES string of the molecule is O=C[C@@H](NS(=O)(=O)[O-])[C@H](O)[C@@H](O)[C@@H](O)CO. The van der Waals surface area contributed by atoms with Gasteiger partial charge in [-0.15, -0.1) is 0 Å². The molecule has 0 amide bonds. The summed E-state index contributed by atoms with van der Waals surface area (Å²) in [6.45, 7) is -0.909. The van der Waals surface area contributed by atoms with Gasteiger partial charge in [0, 0.05) is 0 Å². The van der Waals surface area contributed by atoms with Gasteiger partial charge in [0.25, 0.3) is 0 Å². The zero-order valence-electron chi connectivity index (χ0n) is 7.92. The molecule has 0 bridgehead atoms. The Labute approximate surface area is 91.2 Å². The van der Waals surface area contributed by atoms with Crippen molar-refractivity contribution in [3.63, 3.8) is 0 Å². The second-order valence-electron chi connectivity index (χ2n) is 2.96. The Kier molecular flexibility index (Phi) is 5.96. The lowest BCUT2D eigenvalue weighted by Crippen LogP contribution is -2.53. The van der Waals surface area contributed by atoms with Crippen molar-refractivity contribution in [3.05, 3.63) is 0 Å². The molecule has 0 aliphatic rings. The standard InChI is InChI=1S/C6H13NO8S/c8-1-3(7-16(13,14)15)5(11)6(12)4(10)2-9/h1,3-7,9-12H,2H2,(H,13,14,15)/p-1/t3-,4+,5+,6+/m1/s1. The van der Waals surface area contributed by atoms with Crippen LogP contribution in [0.3, 0.4) is 0 Å². The zero-order valence-corrected chi connectivity index (χ0v) is 8.74. The van der Waals surface area contributed by atoms with Crippen LogP contribution in [-0.4, -0.2) is 70.6 Å². The highest BCUT2D eigenvalue weighted by atomic mass is 32.2. The minimum Gasteiger partial charge on any atom is -0.735 e. The van der Waals surface area contributed by atoms with Crippen LogP contribution < -0.4 is 4.72 Å². The molecule has 0 unspecified atom stereocenters. The van der Waals surface area contributed by atoms with Crippen LogP contribution in [0, 0.1) is 0 Å². The van der Waals surface area contributed by atoms with Gasteiger partial charge in [-0.25, -0.2) is 13.1 Å². The number of carbonyl (C=O) groups excluding carboxylic acids is 1. The van der Waals surface area contributed by atoms with E-state index in [4.69, 9.17) is 15.3 Å². The molecule has 10 heteroatoms. The van der Waals surface area contributed by atoms with Crippen LogP contribution in [-0.2, 0) is 15.1 Å². The summed E-state index contributed by atoms with van der Waals surface area (Å²) in [6, 6.07) is -1.90. The lowest BCUT2D eigenvalue weighted by Gasteiger charge is -2.26. The molecule has 9 nitrogen and oxygen atoms in total. The van der Waals surface area contributed by atoms with Crippen LogP contribution in [0.25, 0.3) is 0 Å². The fourth-order valence-corrected chi connectivity index (χ4v) is 1.42. The third-order valence-corrected chi connectivity index (χ3v) is 2.29. The highest BCUT2D eigenvalue weighted by Crippen LogP contribution is 2.04. The number of nitrogens with one attached hydrogen (secondary N) is 1. The molecule has 0 aliphatic carbocycles. The first kappa shape index (κ1) is 15.4. The van der Waals surface area contributed by atoms with Gasteiger partial charge in [-0.1, -0.05) is 0 Å². The van der Waals surface area contributed by atoms with E-state index in [1.165, 1.54) is 4.72 Å². The number of carbonyl (C=O) groups is 1. The molecule has 0 aliphatic heterocycles. The van der Waals surface area contributed by atoms with E-state index in [2.05, 4.69) is 0 Å². The molecule has 4 atom stereocenters. The molecule has 0 aromatic heterocycles. The van der Waals surface area contributed by atoms with Gasteiger partial charge in [0.05, 0.1) is 6.61 Å². The number of hydrogen-bond donors (Lipinski definition) is 5. The summed E-state index contributed by atoms with van der Waals surface area (Å²) in [5.74, 6) is 0. The van der Waals surface area contributed by atoms with Crippen LogP contribution in [0.15, 0.2) is 0 Å². The van der Waals surface area contributed by atoms with E-state index < -0.39 is 41.3 Å². The van der Waals surface area contributed by atoms with Crippen molar-refractivity contribution < 1.29 is 38.2 Å². The number of rotatable bonds is 7. The van der Waals surface area contributed by atoms with Gasteiger partial charge in [0.1, 0.15) is 30.6 Å². The molecule has 0 radical (unpaired) electrons. The first-order chi connectivity index (χ1) is 7.22. The van der Waals surface area contributed by atoms with Gasteiger partial charge >= 0.3 is 0 Å². The Hall–Kier alpha value is -0.620. The normalized spacial score (nSPS) is 19.8. The van der Waals surface area contributed by atoms with Crippen LogP contribution in [0.5, 0.6) is 0 Å². The maximum Gasteiger partial charge on any atom is 0.160 e. The summed E-state index contributed by atoms with van der Waals surface area (Å²) in [6.07, 6.45) is -5.92. The number of hydrogen-bond acceptors (Lipinski definition) is 8. The highest BCUT2D eigenvalue weighted by Gasteiger charge is 2.31. The largest absolute Gasteiger partial charge is 0.735 e. The molecular formula is C6H12NO8S-. The van der Waals surface area contributed by atoms with Gasteiger partial charge in [0.2, 0.25) is 0 Å². The van der Waals surface area contributed by atoms with Crippen molar-refractivity contribution in [2.75, 3.05) is 6.61 Å². The van der Waals surface area contributed by atoms with Gasteiger partial charge in [-0.05, 0) is 0 Å². The lowest BCUT2D eigenvalue weighted by molar-refractivity contribution is -0.119. The topological polar surface area (TPSA) is 167 Å². The number of aliphatic hydroxyl groups is 4. The highest BCUT2D eigenvalue weighted by molar-refractivity contribution is 7.83. The summed E-state index contributed by atoms with van der Waals surface area (Å²) in [7, 11) is -4.99. The Balaban J connectivity index is 4.65. The minimum atomic E-state index is -4.99. The maximum atomic E-state index is 10.4. The molecule has 0 rings (SSSR count). The van der Waals surface area contributed by atoms with Gasteiger partial charge in [-0.3, -0.25) is 0 Å². The molecular weight excluding hydrogens is 246 g/mol. The first-order valence-corrected chi connectivity index (χ1v) is 5.47. The molecule has 0 aromatic rings. The van der Waals surface area contributed by atoms with E-state index in [0.717, 1.165) is 0 Å². The van der Waals surface area contributed by atoms with Crippen molar-refractivity contribution in [1.29, 1.82) is 0 Å². The predicted molar refractivity (Wildman–Crippen MR) is 47.8 cm³/mol. The Morgan fingerprint density at radius 3 is 2.06 bits per heavy atom. The Morgan fingerprint density at radius 1 is 1.25 bits per heavy atom. The third kappa shape index (κ3) is 4.94. The van der Waals surface area contributed by atoms with Crippen LogP contribution in [0.2, 0.25) is 0 Å². The van der Waals surface area contributed by atoms with Gasteiger partial charge in [0.15, 0.2) is 10.3 Å². The molecule has 96 valence electrons. The third-order valence-electron chi connectivity index (χ3n) is 1.73. The van der Waals surface area contributed by atoms with Crippen LogP contribution in [0.4, 0.5) is 0 Å². The maximum absolute atomic E-state index is 10.4. The summed E-state index contributed by atoms with van der Waals surface area (Å²) < 4.78 is 31.9. The van der Waals surface area contributed by atoms with E-state index in [1.807, 2.05) is 0 Å². The number of aldehydes is 1. The molecule has 0 saturated carbocycles. The lowest BCUT2D eigenvalue weighted by atomic mass is 10.0. The summed E-state index contributed by atoms with van der Waals surface area (Å²) >= 11 is 0. The molecule has 16 heavy (non-hydrogen) atoms. The second kappa shape index (κ2) is 6.20. The van der Waals surface area contributed by atoms with E-state index in [1.54, 1.807) is 0 Å². The zero-order chi connectivity index (χ0) is 12.9. The molecule has 0 aromatic carbocycles. The minimum absolute atomic E-state index is 0.118. The van der Waals surface area contributed by atoms with Crippen molar-refractivity contribution in [1.82, 2.24) is 4.72 Å². The summed E-state index contributed by atoms with van der Waals surface area (Å²) in [5, 5.41) is 35.7. The van der Waals surface area contributed by atoms with Crippen LogP contribution in [0.1, 0.15) is 0 Å². The van der Waals surface area contributed by atoms with E-state index in [9.17, 15) is 22.9 Å². The van der Waals surface area contributed by atoms with Gasteiger partial charge < -0.3 is 29.8 Å². The fraction of sp³-hybridized carbons (Fsp3) is 0.833. The van der Waals surface area contributed by atoms with Gasteiger partial charge in [-0.2, -0.15) is 0 Å². The Morgan fingerprint density at radius 2 is 1.75 bits per heavy atom. The first-order valence-electron chi connectivity index (χ1n) is 4.06. The molecule has 5 N–H and O–H groups in total. The molecule has 0 saturated heterocycles. The Bertz CT molecular complexity index is 316. The average molecular weight is 258 g/mol. The van der Waals surface area contributed by atoms with Crippen molar-refractivity contribution >= 4 is 16.6 Å². The summed E-state index contributed by atoms with van der Waals surface area (Å²) in [4.78, 5) is 10.4. The monoisotopic (exact) mass is 258 g/mol. The predicted octanol–water partition coefficient (Wildman–Crippen LogP) is -4.32.